The van der Waals surface area contributed by atoms with Crippen molar-refractivity contribution in [2.75, 3.05) is 23.3 Å². The zero-order chi connectivity index (χ0) is 21.5. The largest absolute Gasteiger partial charge is 0.444 e. The van der Waals surface area contributed by atoms with Gasteiger partial charge < -0.3 is 19.7 Å². The molecule has 0 spiro atoms. The minimum absolute atomic E-state index is 0.183. The summed E-state index contributed by atoms with van der Waals surface area (Å²) >= 11 is 0. The van der Waals surface area contributed by atoms with Crippen LogP contribution in [0.25, 0.3) is 22.4 Å². The predicted octanol–water partition coefficient (Wildman–Crippen LogP) is 2.76. The zero-order valence-electron chi connectivity index (χ0n) is 17.2. The number of oxazole rings is 1. The highest BCUT2D eigenvalue weighted by atomic mass is 16.3. The first-order chi connectivity index (χ1) is 15.0. The molecule has 158 valence electrons. The van der Waals surface area contributed by atoms with Crippen molar-refractivity contribution in [2.45, 2.75) is 19.4 Å². The van der Waals surface area contributed by atoms with E-state index in [1.165, 1.54) is 6.26 Å². The van der Waals surface area contributed by atoms with Gasteiger partial charge in [0, 0.05) is 49.2 Å². The minimum atomic E-state index is -0.384. The Kier molecular flexibility index (Phi) is 4.67. The SMILES string of the molecule is Cc1cc(-c2nc(C(=O)Nc3cc4cn(C)nc4cc3N3CCC(O)C3)co2)ccn1. The van der Waals surface area contributed by atoms with Crippen LogP contribution in [-0.2, 0) is 7.05 Å². The van der Waals surface area contributed by atoms with Crippen LogP contribution in [0.4, 0.5) is 11.4 Å². The molecule has 9 nitrogen and oxygen atoms in total. The maximum Gasteiger partial charge on any atom is 0.277 e. The van der Waals surface area contributed by atoms with Gasteiger partial charge in [0.15, 0.2) is 5.69 Å². The summed E-state index contributed by atoms with van der Waals surface area (Å²) in [5, 5.41) is 18.3. The zero-order valence-corrected chi connectivity index (χ0v) is 17.2. The number of hydrogen-bond donors (Lipinski definition) is 2. The first-order valence-electron chi connectivity index (χ1n) is 10.1. The maximum absolute atomic E-state index is 13.0. The van der Waals surface area contributed by atoms with Gasteiger partial charge in [-0.25, -0.2) is 4.98 Å². The van der Waals surface area contributed by atoms with Gasteiger partial charge in [0.05, 0.1) is 23.0 Å². The number of benzene rings is 1. The third-order valence-electron chi connectivity index (χ3n) is 5.37. The summed E-state index contributed by atoms with van der Waals surface area (Å²) in [5.74, 6) is -0.00809. The van der Waals surface area contributed by atoms with Gasteiger partial charge in [0.25, 0.3) is 5.91 Å². The van der Waals surface area contributed by atoms with E-state index in [0.29, 0.717) is 31.1 Å². The molecule has 1 unspecified atom stereocenters. The molecule has 2 N–H and O–H groups in total. The number of aliphatic hydroxyl groups is 1. The number of β-amino-alcohol motifs (C(OH)–C–C–N with tert-alkyl or cyclic N) is 1. The van der Waals surface area contributed by atoms with Gasteiger partial charge in [0.2, 0.25) is 5.89 Å². The Morgan fingerprint density at radius 3 is 2.97 bits per heavy atom. The molecule has 1 aliphatic heterocycles. The molecule has 1 atom stereocenters. The molecule has 1 aliphatic rings. The quantitative estimate of drug-likeness (QED) is 0.524. The van der Waals surface area contributed by atoms with Crippen molar-refractivity contribution >= 4 is 28.2 Å². The fourth-order valence-electron chi connectivity index (χ4n) is 3.88. The maximum atomic E-state index is 13.0. The molecular weight excluding hydrogens is 396 g/mol. The Hall–Kier alpha value is -3.72. The second-order valence-corrected chi connectivity index (χ2v) is 7.80. The van der Waals surface area contributed by atoms with Gasteiger partial charge in [-0.1, -0.05) is 0 Å². The number of anilines is 2. The summed E-state index contributed by atoms with van der Waals surface area (Å²) in [7, 11) is 1.86. The van der Waals surface area contributed by atoms with Crippen LogP contribution < -0.4 is 10.2 Å². The van der Waals surface area contributed by atoms with Crippen molar-refractivity contribution < 1.29 is 14.3 Å². The van der Waals surface area contributed by atoms with Crippen molar-refractivity contribution in [3.8, 4) is 11.5 Å². The van der Waals surface area contributed by atoms with E-state index in [0.717, 1.165) is 27.8 Å². The van der Waals surface area contributed by atoms with Crippen LogP contribution in [0.5, 0.6) is 0 Å². The Balaban J connectivity index is 1.46. The lowest BCUT2D eigenvalue weighted by molar-refractivity contribution is 0.102. The molecule has 9 heteroatoms. The van der Waals surface area contributed by atoms with E-state index < -0.39 is 0 Å². The number of nitrogens with one attached hydrogen (secondary N) is 1. The van der Waals surface area contributed by atoms with Crippen LogP contribution in [0.2, 0.25) is 0 Å². The van der Waals surface area contributed by atoms with E-state index in [-0.39, 0.29) is 17.7 Å². The second kappa shape index (κ2) is 7.51. The molecular formula is C22H22N6O3. The van der Waals surface area contributed by atoms with E-state index in [1.54, 1.807) is 16.9 Å². The molecule has 4 aromatic rings. The first kappa shape index (κ1) is 19.3. The highest BCUT2D eigenvalue weighted by Gasteiger charge is 2.25. The molecule has 0 aliphatic carbocycles. The van der Waals surface area contributed by atoms with Gasteiger partial charge in [-0.2, -0.15) is 5.10 Å². The van der Waals surface area contributed by atoms with Crippen LogP contribution in [-0.4, -0.2) is 50.0 Å². The lowest BCUT2D eigenvalue weighted by Gasteiger charge is -2.21. The smallest absolute Gasteiger partial charge is 0.277 e. The van der Waals surface area contributed by atoms with Gasteiger partial charge in [0.1, 0.15) is 6.26 Å². The number of carbonyl (C=O) groups is 1. The summed E-state index contributed by atoms with van der Waals surface area (Å²) in [6, 6.07) is 7.47. The van der Waals surface area contributed by atoms with Gasteiger partial charge in [-0.05, 0) is 37.6 Å². The second-order valence-electron chi connectivity index (χ2n) is 7.80. The van der Waals surface area contributed by atoms with Crippen molar-refractivity contribution in [1.29, 1.82) is 0 Å². The predicted molar refractivity (Wildman–Crippen MR) is 116 cm³/mol. The molecule has 31 heavy (non-hydrogen) atoms. The highest BCUT2D eigenvalue weighted by Crippen LogP contribution is 2.33. The number of rotatable bonds is 4. The molecule has 0 radical (unpaired) electrons. The highest BCUT2D eigenvalue weighted by molar-refractivity contribution is 6.06. The van der Waals surface area contributed by atoms with Gasteiger partial charge >= 0.3 is 0 Å². The Bertz CT molecular complexity index is 1280. The number of aliphatic hydroxyl groups excluding tert-OH is 1. The molecule has 1 fully saturated rings. The topological polar surface area (TPSA) is 109 Å². The fraction of sp³-hybridized carbons (Fsp3) is 0.273. The molecule has 1 amide bonds. The standard InChI is InChI=1S/C22H22N6O3/c1-13-7-14(3-5-23-13)22-25-19(12-31-22)21(30)24-18-8-15-10-27(2)26-17(15)9-20(18)28-6-4-16(29)11-28/h3,5,7-10,12,16,29H,4,6,11H2,1-2H3,(H,24,30). The molecule has 5 rings (SSSR count). The van der Waals surface area contributed by atoms with E-state index in [4.69, 9.17) is 4.42 Å². The summed E-state index contributed by atoms with van der Waals surface area (Å²) in [4.78, 5) is 23.5. The normalized spacial score (nSPS) is 16.2. The Morgan fingerprint density at radius 2 is 2.19 bits per heavy atom. The summed E-state index contributed by atoms with van der Waals surface area (Å²) < 4.78 is 7.26. The van der Waals surface area contributed by atoms with Gasteiger partial charge in [-0.15, -0.1) is 0 Å². The summed E-state index contributed by atoms with van der Waals surface area (Å²) in [6.07, 6.45) is 5.22. The number of aromatic nitrogens is 4. The number of hydrogen-bond acceptors (Lipinski definition) is 7. The van der Waals surface area contributed by atoms with Crippen LogP contribution in [0, 0.1) is 6.92 Å². The number of amides is 1. The summed E-state index contributed by atoms with van der Waals surface area (Å²) in [6.45, 7) is 3.10. The van der Waals surface area contributed by atoms with Crippen molar-refractivity contribution in [2.24, 2.45) is 7.05 Å². The average Bonchev–Trinajstić information content (AvgIpc) is 3.46. The number of carbonyl (C=O) groups excluding carboxylic acids is 1. The van der Waals surface area contributed by atoms with Crippen LogP contribution in [0.1, 0.15) is 22.6 Å². The number of nitrogens with zero attached hydrogens (tertiary/aromatic N) is 5. The molecule has 3 aromatic heterocycles. The molecule has 1 saturated heterocycles. The lowest BCUT2D eigenvalue weighted by Crippen LogP contribution is -2.23. The Morgan fingerprint density at radius 1 is 1.32 bits per heavy atom. The van der Waals surface area contributed by atoms with Crippen molar-refractivity contribution in [3.05, 3.63) is 54.3 Å². The van der Waals surface area contributed by atoms with E-state index in [1.807, 2.05) is 38.4 Å². The number of aryl methyl sites for hydroxylation is 2. The van der Waals surface area contributed by atoms with Crippen molar-refractivity contribution in [3.63, 3.8) is 0 Å². The van der Waals surface area contributed by atoms with Crippen LogP contribution in [0.3, 0.4) is 0 Å². The average molecular weight is 418 g/mol. The van der Waals surface area contributed by atoms with Crippen LogP contribution >= 0.6 is 0 Å². The molecule has 0 bridgehead atoms. The van der Waals surface area contributed by atoms with E-state index >= 15 is 0 Å². The van der Waals surface area contributed by atoms with Crippen molar-refractivity contribution in [1.82, 2.24) is 19.7 Å². The van der Waals surface area contributed by atoms with E-state index in [9.17, 15) is 9.90 Å². The molecule has 1 aromatic carbocycles. The number of pyridine rings is 1. The summed E-state index contributed by atoms with van der Waals surface area (Å²) in [5.41, 5.74) is 4.07. The van der Waals surface area contributed by atoms with Gasteiger partial charge in [-0.3, -0.25) is 14.5 Å². The number of fused-ring (bicyclic) bond motifs is 1. The first-order valence-corrected chi connectivity index (χ1v) is 10.1. The monoisotopic (exact) mass is 418 g/mol. The van der Waals surface area contributed by atoms with Crippen LogP contribution in [0.15, 0.2) is 47.3 Å². The van der Waals surface area contributed by atoms with E-state index in [2.05, 4.69) is 25.3 Å². The molecule has 0 saturated carbocycles. The Labute approximate surface area is 178 Å². The lowest BCUT2D eigenvalue weighted by atomic mass is 10.2. The third kappa shape index (κ3) is 3.75. The third-order valence-corrected chi connectivity index (χ3v) is 5.37. The minimum Gasteiger partial charge on any atom is -0.444 e. The fourth-order valence-corrected chi connectivity index (χ4v) is 3.88. The molecule has 4 heterocycles.